The zero-order chi connectivity index (χ0) is 21.3. The van der Waals surface area contributed by atoms with E-state index in [2.05, 4.69) is 21.2 Å². The number of carbonyl (C=O) groups excluding carboxylic acids is 2. The predicted molar refractivity (Wildman–Crippen MR) is 107 cm³/mol. The fourth-order valence-corrected chi connectivity index (χ4v) is 3.76. The Kier molecular flexibility index (Phi) is 6.03. The maximum absolute atomic E-state index is 12.7. The summed E-state index contributed by atoms with van der Waals surface area (Å²) in [5.74, 6) is -0.904. The molecule has 29 heavy (non-hydrogen) atoms. The van der Waals surface area contributed by atoms with Crippen LogP contribution >= 0.6 is 15.9 Å². The number of nitrogens with zero attached hydrogens (tertiary/aromatic N) is 1. The lowest BCUT2D eigenvalue weighted by Crippen LogP contribution is -2.36. The third-order valence-corrected chi connectivity index (χ3v) is 5.49. The maximum Gasteiger partial charge on any atom is 0.416 e. The van der Waals surface area contributed by atoms with E-state index in [9.17, 15) is 22.8 Å². The van der Waals surface area contributed by atoms with Gasteiger partial charge in [0.05, 0.1) is 12.1 Å². The second-order valence-electron chi connectivity index (χ2n) is 7.27. The molecule has 154 valence electrons. The Bertz CT molecular complexity index is 929. The van der Waals surface area contributed by atoms with Gasteiger partial charge in [-0.15, -0.1) is 0 Å². The van der Waals surface area contributed by atoms with E-state index in [0.717, 1.165) is 22.2 Å². The summed E-state index contributed by atoms with van der Waals surface area (Å²) in [6.45, 7) is 1.78. The van der Waals surface area contributed by atoms with E-state index in [4.69, 9.17) is 0 Å². The number of rotatable bonds is 5. The van der Waals surface area contributed by atoms with Gasteiger partial charge >= 0.3 is 6.18 Å². The molecule has 0 bridgehead atoms. The molecule has 2 amide bonds. The Morgan fingerprint density at radius 1 is 1.17 bits per heavy atom. The van der Waals surface area contributed by atoms with E-state index < -0.39 is 11.7 Å². The van der Waals surface area contributed by atoms with Crippen molar-refractivity contribution in [2.75, 3.05) is 18.9 Å². The molecule has 4 nitrogen and oxygen atoms in total. The number of nitrogens with one attached hydrogen (secondary N) is 1. The molecule has 0 saturated heterocycles. The number of hydrogen-bond donors (Lipinski definition) is 1. The molecule has 0 radical (unpaired) electrons. The van der Waals surface area contributed by atoms with E-state index in [1.165, 1.54) is 17.0 Å². The average Bonchev–Trinajstić information content (AvgIpc) is 3.43. The zero-order valence-corrected chi connectivity index (χ0v) is 17.5. The number of halogens is 4. The van der Waals surface area contributed by atoms with Crippen LogP contribution in [0.1, 0.15) is 29.0 Å². The number of hydrogen-bond acceptors (Lipinski definition) is 2. The van der Waals surface area contributed by atoms with Crippen molar-refractivity contribution in [2.24, 2.45) is 5.92 Å². The largest absolute Gasteiger partial charge is 0.416 e. The van der Waals surface area contributed by atoms with Gasteiger partial charge in [0.25, 0.3) is 0 Å². The molecule has 8 heteroatoms. The molecule has 2 unspecified atom stereocenters. The SMILES string of the molecule is Cc1cc(Br)ccc1NC(=O)CN(C)C(=O)C1CC1c1ccc(C(F)(F)F)cc1. The smallest absolute Gasteiger partial charge is 0.336 e. The summed E-state index contributed by atoms with van der Waals surface area (Å²) in [6, 6.07) is 10.4. The summed E-state index contributed by atoms with van der Waals surface area (Å²) in [7, 11) is 1.55. The van der Waals surface area contributed by atoms with Crippen LogP contribution in [0.15, 0.2) is 46.9 Å². The molecule has 2 aromatic carbocycles. The van der Waals surface area contributed by atoms with Crippen LogP contribution in [0.2, 0.25) is 0 Å². The summed E-state index contributed by atoms with van der Waals surface area (Å²) >= 11 is 3.36. The first kappa shape index (κ1) is 21.4. The fourth-order valence-electron chi connectivity index (χ4n) is 3.29. The summed E-state index contributed by atoms with van der Waals surface area (Å²) in [4.78, 5) is 26.2. The molecule has 0 heterocycles. The number of likely N-dealkylation sites (N-methyl/N-ethyl adjacent to an activating group) is 1. The molecule has 0 spiro atoms. The van der Waals surface area contributed by atoms with Crippen molar-refractivity contribution >= 4 is 33.4 Å². The van der Waals surface area contributed by atoms with E-state index in [1.807, 2.05) is 19.1 Å². The second kappa shape index (κ2) is 8.18. The van der Waals surface area contributed by atoms with Crippen molar-refractivity contribution in [1.82, 2.24) is 4.90 Å². The molecule has 0 aliphatic heterocycles. The van der Waals surface area contributed by atoms with Crippen LogP contribution in [-0.2, 0) is 15.8 Å². The van der Waals surface area contributed by atoms with Gasteiger partial charge in [0.2, 0.25) is 11.8 Å². The summed E-state index contributed by atoms with van der Waals surface area (Å²) < 4.78 is 38.9. The standard InChI is InChI=1S/C21H20BrF3N2O2/c1-12-9-15(22)7-8-18(12)26-19(28)11-27(2)20(29)17-10-16(17)13-3-5-14(6-4-13)21(23,24)25/h3-9,16-17H,10-11H2,1-2H3,(H,26,28). The topological polar surface area (TPSA) is 49.4 Å². The quantitative estimate of drug-likeness (QED) is 0.672. The van der Waals surface area contributed by atoms with Crippen molar-refractivity contribution in [3.05, 3.63) is 63.6 Å². The van der Waals surface area contributed by atoms with Crippen LogP contribution < -0.4 is 5.32 Å². The van der Waals surface area contributed by atoms with Gasteiger partial charge in [-0.05, 0) is 60.7 Å². The molecule has 1 fully saturated rings. The Hall–Kier alpha value is -2.35. The van der Waals surface area contributed by atoms with Gasteiger partial charge in [-0.1, -0.05) is 28.1 Å². The highest BCUT2D eigenvalue weighted by atomic mass is 79.9. The van der Waals surface area contributed by atoms with E-state index >= 15 is 0 Å². The highest BCUT2D eigenvalue weighted by Gasteiger charge is 2.45. The van der Waals surface area contributed by atoms with E-state index in [0.29, 0.717) is 17.7 Å². The molecular weight excluding hydrogens is 449 g/mol. The lowest BCUT2D eigenvalue weighted by molar-refractivity contribution is -0.137. The zero-order valence-electron chi connectivity index (χ0n) is 15.9. The Balaban J connectivity index is 1.55. The van der Waals surface area contributed by atoms with Gasteiger partial charge in [0.1, 0.15) is 0 Å². The summed E-state index contributed by atoms with van der Waals surface area (Å²) in [5, 5.41) is 2.79. The molecular formula is C21H20BrF3N2O2. The third-order valence-electron chi connectivity index (χ3n) is 4.99. The van der Waals surface area contributed by atoms with Crippen LogP contribution in [0.4, 0.5) is 18.9 Å². The number of alkyl halides is 3. The van der Waals surface area contributed by atoms with Crippen LogP contribution in [0.3, 0.4) is 0 Å². The predicted octanol–water partition coefficient (Wildman–Crippen LogP) is 4.98. The molecule has 1 aliphatic rings. The molecule has 1 saturated carbocycles. The van der Waals surface area contributed by atoms with Crippen molar-refractivity contribution in [3.63, 3.8) is 0 Å². The van der Waals surface area contributed by atoms with Gasteiger partial charge in [0, 0.05) is 23.1 Å². The Morgan fingerprint density at radius 3 is 2.41 bits per heavy atom. The molecule has 2 atom stereocenters. The molecule has 0 aromatic heterocycles. The minimum Gasteiger partial charge on any atom is -0.336 e. The third kappa shape index (κ3) is 5.18. The first-order chi connectivity index (χ1) is 13.6. The normalized spacial score (nSPS) is 18.3. The number of anilines is 1. The van der Waals surface area contributed by atoms with Gasteiger partial charge in [-0.3, -0.25) is 9.59 Å². The summed E-state index contributed by atoms with van der Waals surface area (Å²) in [5.41, 5.74) is 1.57. The van der Waals surface area contributed by atoms with Crippen LogP contribution in [-0.4, -0.2) is 30.3 Å². The van der Waals surface area contributed by atoms with Gasteiger partial charge in [-0.25, -0.2) is 0 Å². The minimum atomic E-state index is -4.38. The van der Waals surface area contributed by atoms with Gasteiger partial charge in [-0.2, -0.15) is 13.2 Å². The van der Waals surface area contributed by atoms with E-state index in [-0.39, 0.29) is 30.2 Å². The van der Waals surface area contributed by atoms with Crippen molar-refractivity contribution in [3.8, 4) is 0 Å². The molecule has 2 aromatic rings. The fraction of sp³-hybridized carbons (Fsp3) is 0.333. The van der Waals surface area contributed by atoms with Gasteiger partial charge in [0.15, 0.2) is 0 Å². The number of amides is 2. The van der Waals surface area contributed by atoms with Crippen molar-refractivity contribution in [1.29, 1.82) is 0 Å². The lowest BCUT2D eigenvalue weighted by Gasteiger charge is -2.17. The number of aryl methyl sites for hydroxylation is 1. The first-order valence-electron chi connectivity index (χ1n) is 9.04. The van der Waals surface area contributed by atoms with Crippen molar-refractivity contribution in [2.45, 2.75) is 25.4 Å². The van der Waals surface area contributed by atoms with E-state index in [1.54, 1.807) is 13.1 Å². The molecule has 1 aliphatic carbocycles. The first-order valence-corrected chi connectivity index (χ1v) is 9.83. The number of benzene rings is 2. The number of carbonyl (C=O) groups is 2. The molecule has 1 N–H and O–H groups in total. The highest BCUT2D eigenvalue weighted by Crippen LogP contribution is 2.48. The second-order valence-corrected chi connectivity index (χ2v) is 8.19. The minimum absolute atomic E-state index is 0.0927. The average molecular weight is 469 g/mol. The highest BCUT2D eigenvalue weighted by molar-refractivity contribution is 9.10. The van der Waals surface area contributed by atoms with Crippen LogP contribution in [0, 0.1) is 12.8 Å². The van der Waals surface area contributed by atoms with Gasteiger partial charge < -0.3 is 10.2 Å². The summed E-state index contributed by atoms with van der Waals surface area (Å²) in [6.07, 6.45) is -3.81. The molecule has 3 rings (SSSR count). The maximum atomic E-state index is 12.7. The Labute approximate surface area is 175 Å². The van der Waals surface area contributed by atoms with Crippen LogP contribution in [0.5, 0.6) is 0 Å². The lowest BCUT2D eigenvalue weighted by atomic mass is 10.1. The Morgan fingerprint density at radius 2 is 1.83 bits per heavy atom. The van der Waals surface area contributed by atoms with Crippen molar-refractivity contribution < 1.29 is 22.8 Å². The van der Waals surface area contributed by atoms with Crippen LogP contribution in [0.25, 0.3) is 0 Å². The monoisotopic (exact) mass is 468 g/mol.